The number of piperazine rings is 1. The number of amides is 6. The predicted molar refractivity (Wildman–Crippen MR) is 139 cm³/mol. The summed E-state index contributed by atoms with van der Waals surface area (Å²) in [5.74, 6) is -5.39. The van der Waals surface area contributed by atoms with Crippen LogP contribution in [0.4, 0.5) is 4.79 Å². The Labute approximate surface area is 236 Å². The number of imide groups is 1. The first-order chi connectivity index (χ1) is 19.6. The Balaban J connectivity index is 1.59. The van der Waals surface area contributed by atoms with Crippen molar-refractivity contribution in [2.75, 3.05) is 31.9 Å². The van der Waals surface area contributed by atoms with Gasteiger partial charge in [-0.1, -0.05) is 35.4 Å². The average Bonchev–Trinajstić information content (AvgIpc) is 2.98. The molecule has 3 atom stereocenters. The van der Waals surface area contributed by atoms with Crippen molar-refractivity contribution >= 4 is 47.4 Å². The summed E-state index contributed by atoms with van der Waals surface area (Å²) in [6.45, 7) is 1.67. The van der Waals surface area contributed by atoms with E-state index in [0.717, 1.165) is 16.7 Å². The van der Waals surface area contributed by atoms with Crippen molar-refractivity contribution in [3.63, 3.8) is 0 Å². The smallest absolute Gasteiger partial charge is 0.352 e. The molecule has 1 aromatic rings. The summed E-state index contributed by atoms with van der Waals surface area (Å²) in [6.07, 6.45) is 0. The number of likely N-dealkylation sites (N-methyl/N-ethyl adjacent to an activating group) is 1. The molecule has 3 heterocycles. The molecule has 1 unspecified atom stereocenters. The Kier molecular flexibility index (Phi) is 8.48. The molecule has 5 N–H and O–H groups in total. The van der Waals surface area contributed by atoms with E-state index in [9.17, 15) is 39.1 Å². The molecule has 216 valence electrons. The van der Waals surface area contributed by atoms with Gasteiger partial charge in [-0.25, -0.2) is 9.59 Å². The summed E-state index contributed by atoms with van der Waals surface area (Å²) >= 11 is 0.998. The van der Waals surface area contributed by atoms with Gasteiger partial charge in [-0.15, -0.1) is 11.8 Å². The van der Waals surface area contributed by atoms with E-state index in [0.29, 0.717) is 4.90 Å². The number of carboxylic acid groups (broad SMARTS) is 1. The number of urea groups is 1. The van der Waals surface area contributed by atoms with Crippen molar-refractivity contribution < 1.29 is 39.1 Å². The third-order valence-electron chi connectivity index (χ3n) is 6.78. The van der Waals surface area contributed by atoms with Crippen molar-refractivity contribution in [2.45, 2.75) is 24.0 Å². The van der Waals surface area contributed by atoms with E-state index >= 15 is 0 Å². The van der Waals surface area contributed by atoms with Gasteiger partial charge in [-0.3, -0.25) is 29.0 Å². The second-order valence-corrected chi connectivity index (χ2v) is 10.1. The molecule has 0 radical (unpaired) electrons. The van der Waals surface area contributed by atoms with Crippen LogP contribution in [0.5, 0.6) is 0 Å². The van der Waals surface area contributed by atoms with Gasteiger partial charge in [0.25, 0.3) is 5.91 Å². The van der Waals surface area contributed by atoms with Crippen molar-refractivity contribution in [2.24, 2.45) is 5.11 Å². The van der Waals surface area contributed by atoms with E-state index in [1.165, 1.54) is 17.0 Å². The number of aliphatic carboxylic acids is 1. The van der Waals surface area contributed by atoms with E-state index < -0.39 is 58.4 Å². The molecule has 0 bridgehead atoms. The predicted octanol–water partition coefficient (Wildman–Crippen LogP) is -0.517. The normalized spacial score (nSPS) is 22.8. The van der Waals surface area contributed by atoms with Gasteiger partial charge in [0.05, 0.1) is 6.54 Å². The van der Waals surface area contributed by atoms with Crippen molar-refractivity contribution in [1.82, 2.24) is 30.8 Å². The number of carbonyl (C=O) groups excluding carboxylic acids is 5. The zero-order valence-corrected chi connectivity index (χ0v) is 22.3. The van der Waals surface area contributed by atoms with Crippen LogP contribution in [-0.2, 0) is 24.0 Å². The minimum absolute atomic E-state index is 0.00707. The van der Waals surface area contributed by atoms with Crippen LogP contribution in [-0.4, -0.2) is 104 Å². The van der Waals surface area contributed by atoms with E-state index in [-0.39, 0.29) is 43.1 Å². The molecule has 0 spiro atoms. The summed E-state index contributed by atoms with van der Waals surface area (Å²) in [6, 6.07) is 5.31. The third-order valence-corrected chi connectivity index (χ3v) is 8.17. The summed E-state index contributed by atoms with van der Waals surface area (Å²) in [5, 5.41) is 26.8. The number of hydrogen-bond donors (Lipinski definition) is 5. The van der Waals surface area contributed by atoms with Gasteiger partial charge in [-0.05, 0) is 23.6 Å². The number of fused-ring (bicyclic) bond motifs is 1. The van der Waals surface area contributed by atoms with Gasteiger partial charge in [-0.2, -0.15) is 5.48 Å². The number of β-lactam (4-membered cyclic amide) rings is 1. The Morgan fingerprint density at radius 2 is 1.90 bits per heavy atom. The molecule has 1 aromatic carbocycles. The highest BCUT2D eigenvalue weighted by Gasteiger charge is 2.66. The number of thioether (sulfide) groups is 1. The SMILES string of the molecule is CCN1CCN(C(=O)NC(C(=O)N[C@]2(NO)C(=O)N3C(C(=O)O)=C(CN=[N+]=[N-])CS[C@H]32)c2ccccc2)C(=O)C1=O. The first-order valence-electron chi connectivity index (χ1n) is 12.2. The molecule has 0 aliphatic carbocycles. The van der Waals surface area contributed by atoms with Crippen LogP contribution in [0.3, 0.4) is 0 Å². The Hall–Kier alpha value is -4.64. The van der Waals surface area contributed by atoms with Crippen molar-refractivity contribution in [1.29, 1.82) is 0 Å². The van der Waals surface area contributed by atoms with Crippen LogP contribution in [0.2, 0.25) is 0 Å². The van der Waals surface area contributed by atoms with Crippen LogP contribution in [0.15, 0.2) is 46.7 Å². The van der Waals surface area contributed by atoms with E-state index in [1.807, 2.05) is 0 Å². The molecule has 41 heavy (non-hydrogen) atoms. The highest BCUT2D eigenvalue weighted by atomic mass is 32.2. The molecule has 6 amide bonds. The maximum absolute atomic E-state index is 13.6. The second-order valence-electron chi connectivity index (χ2n) is 9.03. The van der Waals surface area contributed by atoms with Gasteiger partial charge < -0.3 is 25.8 Å². The molecule has 4 rings (SSSR count). The third kappa shape index (κ3) is 5.16. The van der Waals surface area contributed by atoms with Gasteiger partial charge in [0, 0.05) is 30.3 Å². The quantitative estimate of drug-likeness (QED) is 0.0471. The zero-order chi connectivity index (χ0) is 29.9. The van der Waals surface area contributed by atoms with Gasteiger partial charge in [0.1, 0.15) is 17.1 Å². The van der Waals surface area contributed by atoms with Crippen molar-refractivity contribution in [3.8, 4) is 0 Å². The van der Waals surface area contributed by atoms with Gasteiger partial charge in [0.15, 0.2) is 0 Å². The standard InChI is InChI=1S/C23H25N9O8S/c1-2-30-8-9-31(18(35)17(30)34)22(39)26-14(12-6-4-3-5-7-12)16(33)27-23(28-40)20(38)32-15(19(36)37)13(10-25-29-24)11-41-21(23)32/h3-7,14,21,28,40H,2,8-11H2,1H3,(H,26,39)(H,27,33)(H,36,37)/t14?,21-,23-/m0/s1. The Bertz CT molecular complexity index is 1380. The number of carboxylic acids is 1. The van der Waals surface area contributed by atoms with Gasteiger partial charge >= 0.3 is 23.8 Å². The minimum atomic E-state index is -2.18. The zero-order valence-electron chi connectivity index (χ0n) is 21.5. The number of azide groups is 1. The van der Waals surface area contributed by atoms with Crippen LogP contribution < -0.4 is 16.1 Å². The lowest BCUT2D eigenvalue weighted by Gasteiger charge is -2.56. The molecule has 0 aromatic heterocycles. The number of nitrogens with one attached hydrogen (secondary N) is 3. The molecule has 3 aliphatic rings. The average molecular weight is 588 g/mol. The molecule has 2 saturated heterocycles. The summed E-state index contributed by atoms with van der Waals surface area (Å²) in [5.41, 5.74) is 8.20. The highest BCUT2D eigenvalue weighted by Crippen LogP contribution is 2.45. The minimum Gasteiger partial charge on any atom is -0.477 e. The number of carbonyl (C=O) groups is 6. The molecule has 18 heteroatoms. The molecule has 0 saturated carbocycles. The molecule has 2 fully saturated rings. The number of nitrogens with zero attached hydrogens (tertiary/aromatic N) is 6. The fourth-order valence-electron chi connectivity index (χ4n) is 4.69. The van der Waals surface area contributed by atoms with Crippen LogP contribution in [0.1, 0.15) is 18.5 Å². The fraction of sp³-hybridized carbons (Fsp3) is 0.391. The first-order valence-corrected chi connectivity index (χ1v) is 13.3. The maximum atomic E-state index is 13.6. The summed E-state index contributed by atoms with van der Waals surface area (Å²) < 4.78 is 0. The molecule has 17 nitrogen and oxygen atoms in total. The van der Waals surface area contributed by atoms with Gasteiger partial charge in [0.2, 0.25) is 11.6 Å². The topological polar surface area (TPSA) is 237 Å². The number of benzene rings is 1. The lowest BCUT2D eigenvalue weighted by atomic mass is 9.94. The van der Waals surface area contributed by atoms with E-state index in [2.05, 4.69) is 20.7 Å². The van der Waals surface area contributed by atoms with E-state index in [4.69, 9.17) is 5.53 Å². The summed E-state index contributed by atoms with van der Waals surface area (Å²) in [4.78, 5) is 82.2. The number of rotatable bonds is 9. The van der Waals surface area contributed by atoms with Crippen LogP contribution >= 0.6 is 11.8 Å². The molecular weight excluding hydrogens is 562 g/mol. The second kappa shape index (κ2) is 11.8. The lowest BCUT2D eigenvalue weighted by Crippen LogP contribution is -2.85. The molecular formula is C23H25N9O8S. The number of hydroxylamine groups is 1. The largest absolute Gasteiger partial charge is 0.477 e. The first kappa shape index (κ1) is 29.3. The van der Waals surface area contributed by atoms with Crippen LogP contribution in [0.25, 0.3) is 10.4 Å². The Morgan fingerprint density at radius 1 is 1.20 bits per heavy atom. The van der Waals surface area contributed by atoms with Crippen LogP contribution in [0, 0.1) is 0 Å². The summed E-state index contributed by atoms with van der Waals surface area (Å²) in [7, 11) is 0. The van der Waals surface area contributed by atoms with Crippen molar-refractivity contribution in [3.05, 3.63) is 57.6 Å². The monoisotopic (exact) mass is 587 g/mol. The Morgan fingerprint density at radius 3 is 2.51 bits per heavy atom. The lowest BCUT2D eigenvalue weighted by molar-refractivity contribution is -0.171. The van der Waals surface area contributed by atoms with E-state index in [1.54, 1.807) is 30.6 Å². The molecule has 3 aliphatic heterocycles. The highest BCUT2D eigenvalue weighted by molar-refractivity contribution is 8.00. The number of hydrogen-bond acceptors (Lipinski definition) is 10. The maximum Gasteiger partial charge on any atom is 0.352 e. The fourth-order valence-corrected chi connectivity index (χ4v) is 6.09.